The van der Waals surface area contributed by atoms with Crippen molar-refractivity contribution < 1.29 is 33.1 Å². The highest BCUT2D eigenvalue weighted by Gasteiger charge is 2.67. The molecule has 50 heavy (non-hydrogen) atoms. The van der Waals surface area contributed by atoms with Gasteiger partial charge in [0.2, 0.25) is 20.2 Å². The van der Waals surface area contributed by atoms with Crippen LogP contribution in [0, 0.1) is 5.92 Å². The number of ether oxygens (including phenoxy) is 2. The summed E-state index contributed by atoms with van der Waals surface area (Å²) in [5.74, 6) is -0.550. The van der Waals surface area contributed by atoms with E-state index in [9.17, 15) is 19.5 Å². The molecule has 4 aliphatic rings. The number of halogens is 1. The summed E-state index contributed by atoms with van der Waals surface area (Å²) in [4.78, 5) is 46.5. The molecule has 1 spiro atoms. The van der Waals surface area contributed by atoms with E-state index in [1.807, 2.05) is 61.5 Å². The van der Waals surface area contributed by atoms with Gasteiger partial charge in [0, 0.05) is 42.3 Å². The number of carbonyl (C=O) groups is 3. The summed E-state index contributed by atoms with van der Waals surface area (Å²) in [6.45, 7) is 7.12. The first-order chi connectivity index (χ1) is 24.0. The largest absolute Gasteiger partial charge is 0.497 e. The first-order valence-corrected chi connectivity index (χ1v) is 20.4. The molecule has 2 fully saturated rings. The van der Waals surface area contributed by atoms with E-state index in [-0.39, 0.29) is 37.3 Å². The fourth-order valence-electron chi connectivity index (χ4n) is 8.69. The number of carbonyl (C=O) groups excluding carboxylic acids is 3. The van der Waals surface area contributed by atoms with Crippen molar-refractivity contribution in [1.82, 2.24) is 10.2 Å². The lowest BCUT2D eigenvalue weighted by Gasteiger charge is -2.37. The maximum Gasteiger partial charge on any atom is 0.264 e. The minimum atomic E-state index is -3.52. The number of benzene rings is 3. The Bertz CT molecular complexity index is 1800. The van der Waals surface area contributed by atoms with Crippen molar-refractivity contribution in [3.63, 3.8) is 0 Å². The van der Waals surface area contributed by atoms with E-state index in [4.69, 9.17) is 9.47 Å². The number of amides is 3. The minimum Gasteiger partial charge on any atom is -0.497 e. The highest BCUT2D eigenvalue weighted by molar-refractivity contribution is 6.72. The van der Waals surface area contributed by atoms with E-state index in [1.165, 1.54) is 0 Å². The van der Waals surface area contributed by atoms with Crippen LogP contribution in [0.15, 0.2) is 66.7 Å². The van der Waals surface area contributed by atoms with Gasteiger partial charge in [-0.2, -0.15) is 0 Å². The quantitative estimate of drug-likeness (QED) is 0.267. The highest BCUT2D eigenvalue weighted by Crippen LogP contribution is 2.60. The van der Waals surface area contributed by atoms with Crippen molar-refractivity contribution >= 4 is 37.5 Å². The fourth-order valence-corrected chi connectivity index (χ4v) is 11.2. The van der Waals surface area contributed by atoms with Gasteiger partial charge < -0.3 is 38.7 Å². The molecule has 3 amide bonds. The Morgan fingerprint density at radius 1 is 1.10 bits per heavy atom. The van der Waals surface area contributed by atoms with Crippen LogP contribution in [-0.2, 0) is 44.2 Å². The third-order valence-electron chi connectivity index (χ3n) is 11.1. The van der Waals surface area contributed by atoms with Crippen molar-refractivity contribution in [2.45, 2.75) is 69.2 Å². The van der Waals surface area contributed by atoms with E-state index in [0.717, 1.165) is 28.9 Å². The first-order valence-electron chi connectivity index (χ1n) is 17.4. The normalized spacial score (nSPS) is 26.4. The van der Waals surface area contributed by atoms with Crippen LogP contribution in [0.1, 0.15) is 35.6 Å². The van der Waals surface area contributed by atoms with Crippen LogP contribution in [0.3, 0.4) is 0 Å². The standard InChI is InChI=1S/C38H45FN4O6Si/c1-24-36(50(3,4)39)33(19-34(45)42-22-27-8-6-5-7-26(27)17-29(42)23-44)49-38(24)31-18-30(48-2)13-14-32(31)43(37(38)47)21-25-9-11-28(12-10-25)41-16-15-40-20-35(41)46/h5-14,18,24,29,33,36,40,44H,15-17,19-23H2,1-4H3/t24-,29+,33+,36-,38+/m1/s1. The van der Waals surface area contributed by atoms with Crippen LogP contribution in [0.5, 0.6) is 5.75 Å². The third-order valence-corrected chi connectivity index (χ3v) is 13.6. The second-order valence-electron chi connectivity index (χ2n) is 14.5. The summed E-state index contributed by atoms with van der Waals surface area (Å²) in [6, 6.07) is 20.6. The SMILES string of the molecule is COc1ccc2c(c1)[C@]1(O[C@@H](CC(=O)N3Cc4ccccc4C[C@H]3CO)[C@H]([Si](C)(C)F)[C@H]1C)C(=O)N2Cc1ccc(N2CCNCC2=O)cc1. The number of rotatable bonds is 8. The Balaban J connectivity index is 1.20. The molecule has 2 saturated heterocycles. The Morgan fingerprint density at radius 3 is 2.52 bits per heavy atom. The van der Waals surface area contributed by atoms with Gasteiger partial charge in [-0.3, -0.25) is 14.4 Å². The second kappa shape index (κ2) is 13.2. The van der Waals surface area contributed by atoms with Crippen LogP contribution in [0.2, 0.25) is 18.6 Å². The molecule has 4 aliphatic heterocycles. The molecule has 7 rings (SSSR count). The smallest absolute Gasteiger partial charge is 0.264 e. The molecule has 0 aliphatic carbocycles. The number of fused-ring (bicyclic) bond motifs is 3. The highest BCUT2D eigenvalue weighted by atomic mass is 28.4. The number of methoxy groups -OCH3 is 1. The molecule has 0 unspecified atom stereocenters. The number of piperazine rings is 1. The van der Waals surface area contributed by atoms with E-state index in [1.54, 1.807) is 47.0 Å². The minimum absolute atomic E-state index is 0.00909. The van der Waals surface area contributed by atoms with Crippen molar-refractivity contribution in [1.29, 1.82) is 0 Å². The Labute approximate surface area is 293 Å². The van der Waals surface area contributed by atoms with Gasteiger partial charge in [0.25, 0.3) is 5.91 Å². The van der Waals surface area contributed by atoms with Gasteiger partial charge >= 0.3 is 0 Å². The molecule has 0 radical (unpaired) electrons. The summed E-state index contributed by atoms with van der Waals surface area (Å²) in [6.07, 6.45) is -0.418. The van der Waals surface area contributed by atoms with Gasteiger partial charge in [-0.25, -0.2) is 0 Å². The summed E-state index contributed by atoms with van der Waals surface area (Å²) in [5.41, 5.74) is 2.87. The fraction of sp³-hybridized carbons (Fsp3) is 0.447. The van der Waals surface area contributed by atoms with E-state index in [0.29, 0.717) is 43.1 Å². The van der Waals surface area contributed by atoms with E-state index >= 15 is 4.11 Å². The zero-order valence-electron chi connectivity index (χ0n) is 29.0. The van der Waals surface area contributed by atoms with Crippen LogP contribution >= 0.6 is 0 Å². The molecule has 3 aromatic carbocycles. The van der Waals surface area contributed by atoms with Crippen LogP contribution < -0.4 is 19.9 Å². The van der Waals surface area contributed by atoms with Gasteiger partial charge in [-0.05, 0) is 66.5 Å². The number of hydrogen-bond donors (Lipinski definition) is 2. The molecule has 0 aromatic heterocycles. The maximum absolute atomic E-state index is 16.5. The zero-order valence-corrected chi connectivity index (χ0v) is 30.0. The van der Waals surface area contributed by atoms with Gasteiger partial charge in [-0.1, -0.05) is 43.3 Å². The number of nitrogens with one attached hydrogen (secondary N) is 1. The van der Waals surface area contributed by atoms with Crippen molar-refractivity contribution in [2.75, 3.05) is 43.2 Å². The number of aliphatic hydroxyl groups excluding tert-OH is 1. The monoisotopic (exact) mass is 700 g/mol. The maximum atomic E-state index is 16.5. The van der Waals surface area contributed by atoms with Crippen molar-refractivity contribution in [3.05, 3.63) is 89.0 Å². The molecule has 0 bridgehead atoms. The predicted molar refractivity (Wildman–Crippen MR) is 190 cm³/mol. The first kappa shape index (κ1) is 34.4. The molecule has 0 saturated carbocycles. The van der Waals surface area contributed by atoms with E-state index < -0.39 is 37.6 Å². The van der Waals surface area contributed by atoms with Crippen molar-refractivity contribution in [2.24, 2.45) is 5.92 Å². The van der Waals surface area contributed by atoms with Gasteiger partial charge in [0.05, 0.1) is 51.1 Å². The molecule has 12 heteroatoms. The zero-order chi connectivity index (χ0) is 35.4. The Kier molecular flexibility index (Phi) is 9.08. The number of aliphatic hydroxyl groups is 1. The van der Waals surface area contributed by atoms with E-state index in [2.05, 4.69) is 5.32 Å². The lowest BCUT2D eigenvalue weighted by Crippen LogP contribution is -2.48. The summed E-state index contributed by atoms with van der Waals surface area (Å²) >= 11 is 0. The predicted octanol–water partition coefficient (Wildman–Crippen LogP) is 4.29. The average Bonchev–Trinajstić information content (AvgIpc) is 3.53. The Hall–Kier alpha value is -4.10. The van der Waals surface area contributed by atoms with Gasteiger partial charge in [-0.15, -0.1) is 0 Å². The van der Waals surface area contributed by atoms with Crippen LogP contribution in [-0.4, -0.2) is 81.6 Å². The van der Waals surface area contributed by atoms with Crippen molar-refractivity contribution in [3.8, 4) is 5.75 Å². The molecular formula is C38H45FN4O6Si. The lowest BCUT2D eigenvalue weighted by atomic mass is 9.82. The number of hydrogen-bond acceptors (Lipinski definition) is 7. The molecule has 4 heterocycles. The summed E-state index contributed by atoms with van der Waals surface area (Å²) < 4.78 is 28.9. The molecule has 3 aromatic rings. The van der Waals surface area contributed by atoms with Gasteiger partial charge in [0.15, 0.2) is 5.60 Å². The molecule has 5 atom stereocenters. The molecule has 264 valence electrons. The topological polar surface area (TPSA) is 112 Å². The third kappa shape index (κ3) is 5.81. The number of anilines is 2. The van der Waals surface area contributed by atoms with Crippen LogP contribution in [0.4, 0.5) is 15.5 Å². The van der Waals surface area contributed by atoms with Crippen LogP contribution in [0.25, 0.3) is 0 Å². The second-order valence-corrected chi connectivity index (χ2v) is 18.3. The molecule has 2 N–H and O–H groups in total. The number of nitrogens with zero attached hydrogens (tertiary/aromatic N) is 3. The molecule has 10 nitrogen and oxygen atoms in total. The van der Waals surface area contributed by atoms with Gasteiger partial charge in [0.1, 0.15) is 5.75 Å². The average molecular weight is 701 g/mol. The summed E-state index contributed by atoms with van der Waals surface area (Å²) in [7, 11) is -1.97. The summed E-state index contributed by atoms with van der Waals surface area (Å²) in [5, 5.41) is 13.4. The lowest BCUT2D eigenvalue weighted by molar-refractivity contribution is -0.151. The Morgan fingerprint density at radius 2 is 1.84 bits per heavy atom. The molecular weight excluding hydrogens is 656 g/mol.